The molecule has 0 radical (unpaired) electrons. The molecule has 25 heavy (non-hydrogen) atoms. The topological polar surface area (TPSA) is 35.6 Å². The predicted molar refractivity (Wildman–Crippen MR) is 108 cm³/mol. The van der Waals surface area contributed by atoms with Crippen LogP contribution < -0.4 is 5.32 Å². The van der Waals surface area contributed by atoms with Crippen LogP contribution in [-0.4, -0.2) is 60.5 Å². The fraction of sp³-hybridized carbons (Fsp3) is 0.952. The molecule has 1 amide bonds. The second kappa shape index (κ2) is 11.9. The SMILES string of the molecule is CC(C)C1CCNC1.CC(C)N1CCCC1.CC(C)N1CCCC1=O. The number of rotatable bonds is 3. The molecule has 0 aromatic heterocycles. The standard InChI is InChI=1S/C7H13NO.2C7H15N/c1-6(2)8-5-3-4-7(8)9;1-6(2)7-3-4-8-5-7;1-7(2)8-5-3-4-6-8/h6H,3-5H2,1-2H3;6-8H,3-5H2,1-2H3;7H,3-6H2,1-2H3. The Balaban J connectivity index is 0.000000188. The number of hydrogen-bond donors (Lipinski definition) is 1. The second-order valence-corrected chi connectivity index (χ2v) is 8.62. The number of nitrogens with zero attached hydrogens (tertiary/aromatic N) is 2. The van der Waals surface area contributed by atoms with Gasteiger partial charge in [-0.15, -0.1) is 0 Å². The van der Waals surface area contributed by atoms with Crippen molar-refractivity contribution in [3.8, 4) is 0 Å². The number of carbonyl (C=O) groups excluding carboxylic acids is 1. The van der Waals surface area contributed by atoms with Crippen molar-refractivity contribution in [2.45, 2.75) is 85.7 Å². The van der Waals surface area contributed by atoms with E-state index in [9.17, 15) is 4.79 Å². The Labute approximate surface area is 156 Å². The van der Waals surface area contributed by atoms with E-state index >= 15 is 0 Å². The molecule has 4 nitrogen and oxygen atoms in total. The minimum atomic E-state index is 0.324. The molecular weight excluding hydrogens is 310 g/mol. The highest BCUT2D eigenvalue weighted by Gasteiger charge is 2.21. The molecule has 1 N–H and O–H groups in total. The minimum absolute atomic E-state index is 0.324. The lowest BCUT2D eigenvalue weighted by Gasteiger charge is -2.19. The summed E-state index contributed by atoms with van der Waals surface area (Å²) in [7, 11) is 0. The van der Waals surface area contributed by atoms with Gasteiger partial charge in [0.05, 0.1) is 0 Å². The molecule has 0 aromatic rings. The highest BCUT2D eigenvalue weighted by molar-refractivity contribution is 5.78. The first kappa shape index (κ1) is 22.4. The zero-order chi connectivity index (χ0) is 18.8. The predicted octanol–water partition coefficient (Wildman–Crippen LogP) is 3.76. The van der Waals surface area contributed by atoms with Gasteiger partial charge in [-0.1, -0.05) is 13.8 Å². The summed E-state index contributed by atoms with van der Waals surface area (Å²) in [6.07, 6.45) is 6.03. The van der Waals surface area contributed by atoms with Gasteiger partial charge in [0.15, 0.2) is 0 Å². The van der Waals surface area contributed by atoms with E-state index in [2.05, 4.69) is 51.8 Å². The van der Waals surface area contributed by atoms with Crippen LogP contribution in [0.3, 0.4) is 0 Å². The number of likely N-dealkylation sites (tertiary alicyclic amines) is 2. The van der Waals surface area contributed by atoms with Gasteiger partial charge in [-0.3, -0.25) is 4.79 Å². The van der Waals surface area contributed by atoms with Crippen LogP contribution in [0, 0.1) is 11.8 Å². The van der Waals surface area contributed by atoms with E-state index in [0.29, 0.717) is 11.9 Å². The molecule has 3 aliphatic rings. The second-order valence-electron chi connectivity index (χ2n) is 8.62. The smallest absolute Gasteiger partial charge is 0.222 e. The van der Waals surface area contributed by atoms with Crippen molar-refractivity contribution in [2.75, 3.05) is 32.7 Å². The number of amides is 1. The molecule has 0 aromatic carbocycles. The lowest BCUT2D eigenvalue weighted by molar-refractivity contribution is -0.129. The highest BCUT2D eigenvalue weighted by atomic mass is 16.2. The largest absolute Gasteiger partial charge is 0.340 e. The summed E-state index contributed by atoms with van der Waals surface area (Å²) in [4.78, 5) is 15.4. The first-order chi connectivity index (χ1) is 11.8. The average Bonchev–Trinajstić information content (AvgIpc) is 3.31. The van der Waals surface area contributed by atoms with Crippen molar-refractivity contribution in [3.63, 3.8) is 0 Å². The van der Waals surface area contributed by atoms with E-state index < -0.39 is 0 Å². The van der Waals surface area contributed by atoms with Crippen molar-refractivity contribution in [1.29, 1.82) is 0 Å². The van der Waals surface area contributed by atoms with Crippen LogP contribution in [0.5, 0.6) is 0 Å². The number of nitrogens with one attached hydrogen (secondary N) is 1. The maximum absolute atomic E-state index is 10.9. The van der Waals surface area contributed by atoms with Gasteiger partial charge in [0, 0.05) is 25.0 Å². The zero-order valence-electron chi connectivity index (χ0n) is 17.7. The molecule has 4 heteroatoms. The Hall–Kier alpha value is -0.610. The average molecular weight is 354 g/mol. The first-order valence-electron chi connectivity index (χ1n) is 10.6. The van der Waals surface area contributed by atoms with Gasteiger partial charge in [-0.25, -0.2) is 0 Å². The van der Waals surface area contributed by atoms with Crippen molar-refractivity contribution >= 4 is 5.91 Å². The minimum Gasteiger partial charge on any atom is -0.340 e. The number of hydrogen-bond acceptors (Lipinski definition) is 3. The van der Waals surface area contributed by atoms with Crippen molar-refractivity contribution < 1.29 is 4.79 Å². The highest BCUT2D eigenvalue weighted by Crippen LogP contribution is 2.16. The quantitative estimate of drug-likeness (QED) is 0.839. The van der Waals surface area contributed by atoms with Gasteiger partial charge in [0.2, 0.25) is 5.91 Å². The van der Waals surface area contributed by atoms with E-state index in [-0.39, 0.29) is 0 Å². The fourth-order valence-electron chi connectivity index (χ4n) is 3.72. The third kappa shape index (κ3) is 8.54. The van der Waals surface area contributed by atoms with Crippen LogP contribution in [0.4, 0.5) is 0 Å². The zero-order valence-corrected chi connectivity index (χ0v) is 17.7. The van der Waals surface area contributed by atoms with Crippen molar-refractivity contribution in [3.05, 3.63) is 0 Å². The van der Waals surface area contributed by atoms with Crippen LogP contribution >= 0.6 is 0 Å². The molecule has 1 atom stereocenters. The van der Waals surface area contributed by atoms with Crippen LogP contribution in [0.2, 0.25) is 0 Å². The van der Waals surface area contributed by atoms with Gasteiger partial charge in [-0.2, -0.15) is 0 Å². The van der Waals surface area contributed by atoms with Gasteiger partial charge in [-0.05, 0) is 91.4 Å². The summed E-state index contributed by atoms with van der Waals surface area (Å²) in [5.74, 6) is 2.16. The molecule has 3 rings (SSSR count). The molecule has 0 saturated carbocycles. The third-order valence-corrected chi connectivity index (χ3v) is 5.65. The van der Waals surface area contributed by atoms with Crippen molar-refractivity contribution in [1.82, 2.24) is 15.1 Å². The monoisotopic (exact) mass is 353 g/mol. The Morgan fingerprint density at radius 1 is 0.920 bits per heavy atom. The summed E-state index contributed by atoms with van der Waals surface area (Å²) in [6.45, 7) is 19.4. The molecule has 1 unspecified atom stereocenters. The summed E-state index contributed by atoms with van der Waals surface area (Å²) in [5.41, 5.74) is 0. The van der Waals surface area contributed by atoms with Crippen LogP contribution in [0.1, 0.15) is 73.6 Å². The summed E-state index contributed by atoms with van der Waals surface area (Å²) >= 11 is 0. The van der Waals surface area contributed by atoms with E-state index in [4.69, 9.17) is 0 Å². The molecular formula is C21H43N3O. The van der Waals surface area contributed by atoms with E-state index in [1.54, 1.807) is 0 Å². The van der Waals surface area contributed by atoms with Gasteiger partial charge >= 0.3 is 0 Å². The van der Waals surface area contributed by atoms with E-state index in [1.807, 2.05) is 4.90 Å². The Kier molecular flexibility index (Phi) is 10.7. The van der Waals surface area contributed by atoms with Gasteiger partial charge in [0.1, 0.15) is 0 Å². The molecule has 3 saturated heterocycles. The molecule has 0 spiro atoms. The molecule has 3 heterocycles. The van der Waals surface area contributed by atoms with Gasteiger partial charge in [0.25, 0.3) is 0 Å². The Morgan fingerprint density at radius 2 is 1.56 bits per heavy atom. The fourth-order valence-corrected chi connectivity index (χ4v) is 3.72. The normalized spacial score (nSPS) is 24.0. The van der Waals surface area contributed by atoms with E-state index in [0.717, 1.165) is 37.3 Å². The summed E-state index contributed by atoms with van der Waals surface area (Å²) < 4.78 is 0. The molecule has 0 aliphatic carbocycles. The molecule has 3 fully saturated rings. The Morgan fingerprint density at radius 3 is 1.80 bits per heavy atom. The van der Waals surface area contributed by atoms with Crippen LogP contribution in [-0.2, 0) is 4.79 Å². The summed E-state index contributed by atoms with van der Waals surface area (Å²) in [5, 5.41) is 3.35. The van der Waals surface area contributed by atoms with Crippen LogP contribution in [0.25, 0.3) is 0 Å². The lowest BCUT2D eigenvalue weighted by Crippen LogP contribution is -2.31. The summed E-state index contributed by atoms with van der Waals surface area (Å²) in [6, 6.07) is 1.18. The lowest BCUT2D eigenvalue weighted by atomic mass is 9.96. The van der Waals surface area contributed by atoms with E-state index in [1.165, 1.54) is 45.4 Å². The third-order valence-electron chi connectivity index (χ3n) is 5.65. The number of carbonyl (C=O) groups is 1. The first-order valence-corrected chi connectivity index (χ1v) is 10.6. The molecule has 148 valence electrons. The van der Waals surface area contributed by atoms with Crippen molar-refractivity contribution in [2.24, 2.45) is 11.8 Å². The van der Waals surface area contributed by atoms with Crippen LogP contribution in [0.15, 0.2) is 0 Å². The molecule has 0 bridgehead atoms. The molecule has 3 aliphatic heterocycles. The Bertz CT molecular complexity index is 336. The maximum atomic E-state index is 10.9. The van der Waals surface area contributed by atoms with Gasteiger partial charge < -0.3 is 15.1 Å². The maximum Gasteiger partial charge on any atom is 0.222 e.